The first-order chi connectivity index (χ1) is 5.79. The Morgan fingerprint density at radius 2 is 2.15 bits per heavy atom. The number of H-pyrrole nitrogens is 1. The number of aromatic nitrogens is 2. The number of hydrogen-bond acceptors (Lipinski definition) is 2. The van der Waals surface area contributed by atoms with Gasteiger partial charge < -0.3 is 4.98 Å². The van der Waals surface area contributed by atoms with Gasteiger partial charge in [0.15, 0.2) is 0 Å². The van der Waals surface area contributed by atoms with Crippen LogP contribution in [-0.4, -0.2) is 16.2 Å². The first-order valence-electron chi connectivity index (χ1n) is 3.93. The number of aliphatic imine (C=N–C) groups is 1. The Kier molecular flexibility index (Phi) is 5.52. The molecule has 2 rings (SSSR count). The predicted octanol–water partition coefficient (Wildman–Crippen LogP) is 2.72. The van der Waals surface area contributed by atoms with E-state index >= 15 is 0 Å². The van der Waals surface area contributed by atoms with Crippen LogP contribution in [0.5, 0.6) is 0 Å². The van der Waals surface area contributed by atoms with E-state index in [-0.39, 0.29) is 7.43 Å². The molecule has 1 aliphatic heterocycles. The lowest BCUT2D eigenvalue weighted by atomic mass is 10.4. The molecule has 0 aliphatic carbocycles. The first-order valence-corrected chi connectivity index (χ1v) is 3.93. The topological polar surface area (TPSA) is 41.0 Å². The van der Waals surface area contributed by atoms with Gasteiger partial charge in [0.1, 0.15) is 0 Å². The maximum atomic E-state index is 3.97. The van der Waals surface area contributed by atoms with Gasteiger partial charge in [-0.15, -0.1) is 0 Å². The van der Waals surface area contributed by atoms with Crippen LogP contribution in [0.4, 0.5) is 0 Å². The Hall–Kier alpha value is -1.38. The molecule has 0 spiro atoms. The molecule has 0 aromatic carbocycles. The second-order valence-electron chi connectivity index (χ2n) is 2.63. The molecule has 2 heterocycles. The molecule has 3 heteroatoms. The van der Waals surface area contributed by atoms with Crippen LogP contribution in [0, 0.1) is 6.92 Å². The average molecular weight is 179 g/mol. The summed E-state index contributed by atoms with van der Waals surface area (Å²) in [5.41, 5.74) is 2.25. The van der Waals surface area contributed by atoms with Gasteiger partial charge in [-0.25, -0.2) is 4.98 Å². The van der Waals surface area contributed by atoms with Gasteiger partial charge in [0.05, 0.1) is 6.33 Å². The number of aryl methyl sites for hydroxylation is 1. The Morgan fingerprint density at radius 1 is 1.38 bits per heavy atom. The van der Waals surface area contributed by atoms with Crippen molar-refractivity contribution in [3.8, 4) is 0 Å². The highest BCUT2D eigenvalue weighted by Crippen LogP contribution is 2.00. The smallest absolute Gasteiger partial charge is 0.0921 e. The highest BCUT2D eigenvalue weighted by atomic mass is 14.8. The van der Waals surface area contributed by atoms with Crippen LogP contribution >= 0.6 is 0 Å². The Labute approximate surface area is 79.6 Å². The summed E-state index contributed by atoms with van der Waals surface area (Å²) in [4.78, 5) is 10.6. The molecule has 0 saturated carbocycles. The van der Waals surface area contributed by atoms with Crippen molar-refractivity contribution in [2.45, 2.75) is 27.7 Å². The van der Waals surface area contributed by atoms with Crippen molar-refractivity contribution < 1.29 is 0 Å². The summed E-state index contributed by atoms with van der Waals surface area (Å²) >= 11 is 0. The minimum absolute atomic E-state index is 0. The van der Waals surface area contributed by atoms with Gasteiger partial charge in [0.25, 0.3) is 0 Å². The lowest BCUT2D eigenvalue weighted by molar-refractivity contribution is 1.25. The van der Waals surface area contributed by atoms with Crippen LogP contribution in [0.2, 0.25) is 0 Å². The van der Waals surface area contributed by atoms with Crippen molar-refractivity contribution in [1.29, 1.82) is 0 Å². The van der Waals surface area contributed by atoms with E-state index in [0.29, 0.717) is 0 Å². The van der Waals surface area contributed by atoms with Crippen LogP contribution in [0.15, 0.2) is 29.3 Å². The Bertz CT molecular complexity index is 268. The van der Waals surface area contributed by atoms with Crippen LogP contribution in [0.1, 0.15) is 26.5 Å². The lowest BCUT2D eigenvalue weighted by Gasteiger charge is -1.72. The fourth-order valence-electron chi connectivity index (χ4n) is 0.798. The largest absolute Gasteiger partial charge is 0.349 e. The average Bonchev–Trinajstić information content (AvgIpc) is 2.63. The highest BCUT2D eigenvalue weighted by molar-refractivity contribution is 5.64. The number of imidazole rings is 1. The number of allylic oxidation sites excluding steroid dienone is 2. The molecule has 0 atom stereocenters. The zero-order chi connectivity index (χ0) is 8.81. The molecule has 72 valence electrons. The van der Waals surface area contributed by atoms with E-state index in [1.807, 2.05) is 20.1 Å². The van der Waals surface area contributed by atoms with Crippen molar-refractivity contribution in [3.63, 3.8) is 0 Å². The normalized spacial score (nSPS) is 12.6. The molecular weight excluding hydrogens is 162 g/mol. The molecule has 0 radical (unpaired) electrons. The standard InChI is InChI=1S/C5H7N.C4H6N2.CH4/c1-5-3-2-4-6-5;1-4-2-5-3-6-4;/h3-4H,2H2,1H3;2-3H,1H3,(H,5,6);1H4. The van der Waals surface area contributed by atoms with Gasteiger partial charge in [-0.3, -0.25) is 4.99 Å². The minimum Gasteiger partial charge on any atom is -0.349 e. The van der Waals surface area contributed by atoms with E-state index in [1.165, 1.54) is 0 Å². The van der Waals surface area contributed by atoms with Crippen molar-refractivity contribution in [2.75, 3.05) is 0 Å². The molecule has 1 aliphatic rings. The molecule has 0 unspecified atom stereocenters. The maximum absolute atomic E-state index is 3.97. The number of nitrogens with one attached hydrogen (secondary N) is 1. The molecule has 0 fully saturated rings. The summed E-state index contributed by atoms with van der Waals surface area (Å²) in [6, 6.07) is 0. The summed E-state index contributed by atoms with van der Waals surface area (Å²) < 4.78 is 0. The van der Waals surface area contributed by atoms with Crippen LogP contribution in [0.3, 0.4) is 0 Å². The predicted molar refractivity (Wildman–Crippen MR) is 56.9 cm³/mol. The maximum Gasteiger partial charge on any atom is 0.0921 e. The van der Waals surface area contributed by atoms with Crippen molar-refractivity contribution in [2.24, 2.45) is 4.99 Å². The molecular formula is C10H17N3. The van der Waals surface area contributed by atoms with Crippen LogP contribution in [0.25, 0.3) is 0 Å². The lowest BCUT2D eigenvalue weighted by Crippen LogP contribution is -1.59. The second-order valence-corrected chi connectivity index (χ2v) is 2.63. The van der Waals surface area contributed by atoms with E-state index in [2.05, 4.69) is 21.0 Å². The third kappa shape index (κ3) is 4.95. The third-order valence-corrected chi connectivity index (χ3v) is 1.45. The number of aromatic amines is 1. The third-order valence-electron chi connectivity index (χ3n) is 1.45. The summed E-state index contributed by atoms with van der Waals surface area (Å²) in [5.74, 6) is 0. The molecule has 1 N–H and O–H groups in total. The monoisotopic (exact) mass is 179 g/mol. The van der Waals surface area contributed by atoms with Crippen LogP contribution in [-0.2, 0) is 0 Å². The highest BCUT2D eigenvalue weighted by Gasteiger charge is 1.85. The van der Waals surface area contributed by atoms with E-state index in [4.69, 9.17) is 0 Å². The zero-order valence-electron chi connectivity index (χ0n) is 7.41. The molecule has 1 aromatic heterocycles. The minimum atomic E-state index is 0. The SMILES string of the molecule is C.CC1=CCC=N1.Cc1cnc[nH]1. The molecule has 1 aromatic rings. The number of nitrogens with zero attached hydrogens (tertiary/aromatic N) is 2. The Balaban J connectivity index is 0.000000206. The molecule has 3 nitrogen and oxygen atoms in total. The quantitative estimate of drug-likeness (QED) is 0.653. The fourth-order valence-corrected chi connectivity index (χ4v) is 0.798. The molecule has 13 heavy (non-hydrogen) atoms. The Morgan fingerprint density at radius 3 is 2.31 bits per heavy atom. The van der Waals surface area contributed by atoms with Crippen molar-refractivity contribution >= 4 is 6.21 Å². The van der Waals surface area contributed by atoms with Crippen LogP contribution < -0.4 is 0 Å². The zero-order valence-corrected chi connectivity index (χ0v) is 7.41. The van der Waals surface area contributed by atoms with Gasteiger partial charge in [0.2, 0.25) is 0 Å². The summed E-state index contributed by atoms with van der Waals surface area (Å²) in [5, 5.41) is 0. The van der Waals surface area contributed by atoms with Gasteiger partial charge in [-0.2, -0.15) is 0 Å². The van der Waals surface area contributed by atoms with E-state index in [9.17, 15) is 0 Å². The molecule has 0 bridgehead atoms. The van der Waals surface area contributed by atoms with Gasteiger partial charge >= 0.3 is 0 Å². The second kappa shape index (κ2) is 6.17. The molecule has 0 saturated heterocycles. The summed E-state index contributed by atoms with van der Waals surface area (Å²) in [6.07, 6.45) is 8.48. The van der Waals surface area contributed by atoms with E-state index < -0.39 is 0 Å². The van der Waals surface area contributed by atoms with Gasteiger partial charge in [-0.1, -0.05) is 13.5 Å². The molecule has 0 amide bonds. The first kappa shape index (κ1) is 11.6. The van der Waals surface area contributed by atoms with Crippen molar-refractivity contribution in [3.05, 3.63) is 30.0 Å². The van der Waals surface area contributed by atoms with Gasteiger partial charge in [-0.05, 0) is 13.8 Å². The summed E-state index contributed by atoms with van der Waals surface area (Å²) in [7, 11) is 0. The number of hydrogen-bond donors (Lipinski definition) is 1. The van der Waals surface area contributed by atoms with Gasteiger partial charge in [0, 0.05) is 30.2 Å². The fraction of sp³-hybridized carbons (Fsp3) is 0.400. The summed E-state index contributed by atoms with van der Waals surface area (Å²) in [6.45, 7) is 3.97. The van der Waals surface area contributed by atoms with Crippen molar-refractivity contribution in [1.82, 2.24) is 9.97 Å². The van der Waals surface area contributed by atoms with E-state index in [0.717, 1.165) is 17.8 Å². The number of rotatable bonds is 0. The van der Waals surface area contributed by atoms with E-state index in [1.54, 1.807) is 12.5 Å².